The van der Waals surface area contributed by atoms with Gasteiger partial charge in [0.2, 0.25) is 5.56 Å². The quantitative estimate of drug-likeness (QED) is 0.791. The van der Waals surface area contributed by atoms with Crippen LogP contribution in [0.4, 0.5) is 4.79 Å². The third-order valence-electron chi connectivity index (χ3n) is 3.51. The molecule has 2 amide bonds. The van der Waals surface area contributed by atoms with Gasteiger partial charge in [-0.3, -0.25) is 9.59 Å². The zero-order chi connectivity index (χ0) is 20.3. The predicted octanol–water partition coefficient (Wildman–Crippen LogP) is 2.33. The highest BCUT2D eigenvalue weighted by Crippen LogP contribution is 2.22. The minimum Gasteiger partial charge on any atom is -0.443 e. The van der Waals surface area contributed by atoms with E-state index in [1.165, 1.54) is 30.7 Å². The second-order valence-corrected chi connectivity index (χ2v) is 6.95. The Hall–Kier alpha value is -3.75. The molecule has 9 heteroatoms. The van der Waals surface area contributed by atoms with Crippen molar-refractivity contribution >= 4 is 30.0 Å². The van der Waals surface area contributed by atoms with E-state index in [0.717, 1.165) is 4.90 Å². The van der Waals surface area contributed by atoms with E-state index in [-0.39, 0.29) is 17.1 Å². The molecule has 2 aromatic rings. The highest BCUT2D eigenvalue weighted by atomic mass is 16.6. The summed E-state index contributed by atoms with van der Waals surface area (Å²) in [6.07, 6.45) is 8.36. The maximum atomic E-state index is 12.8. The molecular formula is C19H19N5O4. The van der Waals surface area contributed by atoms with Crippen molar-refractivity contribution in [3.8, 4) is 0 Å². The standard InChI is InChI=1S/C19H19N5O4/c1-19(2,3)28-18(27)24-15(6-5-13-10-20-11-22-13)23-14(17(24)26)8-12-4-7-16(25)21-9-12/h4-11H,1-3H3,(H,20,22)(H,21,25)/b6-5+,14-8-. The van der Waals surface area contributed by atoms with E-state index >= 15 is 0 Å². The maximum absolute atomic E-state index is 12.8. The molecular weight excluding hydrogens is 362 g/mol. The molecule has 9 nitrogen and oxygen atoms in total. The summed E-state index contributed by atoms with van der Waals surface area (Å²) in [5.41, 5.74) is 0.247. The topological polar surface area (TPSA) is 121 Å². The first kappa shape index (κ1) is 19.0. The van der Waals surface area contributed by atoms with Crippen LogP contribution in [-0.2, 0) is 9.53 Å². The fourth-order valence-electron chi connectivity index (χ4n) is 2.32. The normalized spacial score (nSPS) is 16.1. The van der Waals surface area contributed by atoms with Crippen molar-refractivity contribution in [2.45, 2.75) is 26.4 Å². The molecule has 3 heterocycles. The van der Waals surface area contributed by atoms with E-state index in [0.29, 0.717) is 11.3 Å². The van der Waals surface area contributed by atoms with Gasteiger partial charge >= 0.3 is 6.09 Å². The van der Waals surface area contributed by atoms with Crippen molar-refractivity contribution in [3.05, 3.63) is 64.2 Å². The van der Waals surface area contributed by atoms with Crippen LogP contribution in [0.3, 0.4) is 0 Å². The number of nitrogens with zero attached hydrogens (tertiary/aromatic N) is 3. The molecule has 0 bridgehead atoms. The van der Waals surface area contributed by atoms with Gasteiger partial charge in [-0.05, 0) is 50.6 Å². The number of nitrogens with one attached hydrogen (secondary N) is 2. The van der Waals surface area contributed by atoms with Crippen LogP contribution in [0, 0.1) is 0 Å². The number of imidazole rings is 1. The number of aromatic amines is 2. The lowest BCUT2D eigenvalue weighted by atomic mass is 10.2. The summed E-state index contributed by atoms with van der Waals surface area (Å²) in [7, 11) is 0. The number of hydrogen-bond acceptors (Lipinski definition) is 6. The van der Waals surface area contributed by atoms with Crippen LogP contribution in [0.1, 0.15) is 32.0 Å². The number of ether oxygens (including phenoxy) is 1. The number of carbonyl (C=O) groups excluding carboxylic acids is 2. The predicted molar refractivity (Wildman–Crippen MR) is 103 cm³/mol. The number of imide groups is 1. The van der Waals surface area contributed by atoms with Crippen LogP contribution in [0.15, 0.2) is 52.4 Å². The van der Waals surface area contributed by atoms with E-state index in [4.69, 9.17) is 4.74 Å². The summed E-state index contributed by atoms with van der Waals surface area (Å²) in [5.74, 6) is -0.505. The van der Waals surface area contributed by atoms with Crippen molar-refractivity contribution in [2.24, 2.45) is 4.99 Å². The minimum absolute atomic E-state index is 0.0437. The van der Waals surface area contributed by atoms with Crippen molar-refractivity contribution in [2.75, 3.05) is 0 Å². The van der Waals surface area contributed by atoms with E-state index in [1.807, 2.05) is 0 Å². The Balaban J connectivity index is 1.96. The first-order chi connectivity index (χ1) is 13.2. The van der Waals surface area contributed by atoms with E-state index in [2.05, 4.69) is 19.9 Å². The molecule has 0 atom stereocenters. The molecule has 0 aliphatic carbocycles. The smallest absolute Gasteiger partial charge is 0.423 e. The maximum Gasteiger partial charge on any atom is 0.423 e. The van der Waals surface area contributed by atoms with Gasteiger partial charge in [-0.2, -0.15) is 4.90 Å². The Labute approximate surface area is 160 Å². The van der Waals surface area contributed by atoms with Crippen LogP contribution < -0.4 is 5.56 Å². The van der Waals surface area contributed by atoms with Crippen molar-refractivity contribution < 1.29 is 14.3 Å². The van der Waals surface area contributed by atoms with Gasteiger partial charge in [0.1, 0.15) is 17.1 Å². The molecule has 2 N–H and O–H groups in total. The zero-order valence-electron chi connectivity index (χ0n) is 15.6. The number of amides is 2. The lowest BCUT2D eigenvalue weighted by Gasteiger charge is -2.23. The molecule has 0 saturated carbocycles. The molecule has 1 aliphatic rings. The Bertz CT molecular complexity index is 1020. The number of aromatic nitrogens is 3. The van der Waals surface area contributed by atoms with Gasteiger partial charge in [-0.25, -0.2) is 14.8 Å². The van der Waals surface area contributed by atoms with Crippen LogP contribution in [-0.4, -0.2) is 43.3 Å². The first-order valence-corrected chi connectivity index (χ1v) is 8.46. The van der Waals surface area contributed by atoms with Crippen LogP contribution >= 0.6 is 0 Å². The van der Waals surface area contributed by atoms with Crippen LogP contribution in [0.5, 0.6) is 0 Å². The largest absolute Gasteiger partial charge is 0.443 e. The summed E-state index contributed by atoms with van der Waals surface area (Å²) in [6.45, 7) is 5.12. The minimum atomic E-state index is -0.824. The van der Waals surface area contributed by atoms with Crippen molar-refractivity contribution in [1.29, 1.82) is 0 Å². The van der Waals surface area contributed by atoms with Gasteiger partial charge in [0.25, 0.3) is 5.91 Å². The van der Waals surface area contributed by atoms with Gasteiger partial charge in [0, 0.05) is 12.3 Å². The van der Waals surface area contributed by atoms with E-state index < -0.39 is 17.6 Å². The van der Waals surface area contributed by atoms with Gasteiger partial charge in [0.15, 0.2) is 0 Å². The zero-order valence-corrected chi connectivity index (χ0v) is 15.6. The van der Waals surface area contributed by atoms with Gasteiger partial charge < -0.3 is 14.7 Å². The summed E-state index contributed by atoms with van der Waals surface area (Å²) in [4.78, 5) is 51.0. The van der Waals surface area contributed by atoms with Gasteiger partial charge in [0.05, 0.1) is 18.2 Å². The molecule has 28 heavy (non-hydrogen) atoms. The van der Waals surface area contributed by atoms with Crippen LogP contribution in [0.2, 0.25) is 0 Å². The summed E-state index contributed by atoms with van der Waals surface area (Å²) in [6, 6.07) is 2.88. The Morgan fingerprint density at radius 3 is 2.57 bits per heavy atom. The molecule has 0 unspecified atom stereocenters. The summed E-state index contributed by atoms with van der Waals surface area (Å²) >= 11 is 0. The Morgan fingerprint density at radius 1 is 1.18 bits per heavy atom. The highest BCUT2D eigenvalue weighted by Gasteiger charge is 2.37. The second kappa shape index (κ2) is 7.47. The number of amidine groups is 1. The molecule has 1 aliphatic heterocycles. The first-order valence-electron chi connectivity index (χ1n) is 8.46. The molecule has 3 rings (SSSR count). The Kier molecular flexibility index (Phi) is 5.08. The summed E-state index contributed by atoms with van der Waals surface area (Å²) < 4.78 is 5.33. The van der Waals surface area contributed by atoms with Crippen molar-refractivity contribution in [3.63, 3.8) is 0 Å². The van der Waals surface area contributed by atoms with E-state index in [9.17, 15) is 14.4 Å². The Morgan fingerprint density at radius 2 is 1.96 bits per heavy atom. The number of hydrogen-bond donors (Lipinski definition) is 2. The van der Waals surface area contributed by atoms with Crippen LogP contribution in [0.25, 0.3) is 12.2 Å². The second-order valence-electron chi connectivity index (χ2n) is 6.95. The number of carbonyl (C=O) groups is 2. The van der Waals surface area contributed by atoms with E-state index in [1.54, 1.807) is 39.1 Å². The fraction of sp³-hybridized carbons (Fsp3) is 0.211. The molecule has 144 valence electrons. The molecule has 2 aromatic heterocycles. The molecule has 0 aromatic carbocycles. The van der Waals surface area contributed by atoms with Gasteiger partial charge in [-0.1, -0.05) is 0 Å². The number of rotatable bonds is 3. The number of H-pyrrole nitrogens is 2. The molecule has 0 saturated heterocycles. The fourth-order valence-corrected chi connectivity index (χ4v) is 2.32. The number of pyridine rings is 1. The van der Waals surface area contributed by atoms with Crippen molar-refractivity contribution in [1.82, 2.24) is 19.9 Å². The average Bonchev–Trinajstić information content (AvgIpc) is 3.22. The average molecular weight is 381 g/mol. The highest BCUT2D eigenvalue weighted by molar-refractivity contribution is 6.25. The lowest BCUT2D eigenvalue weighted by molar-refractivity contribution is -0.122. The SMILES string of the molecule is CC(C)(C)OC(=O)N1C(=O)/C(=C/c2ccc(=O)[nH]c2)N=C1/C=C/c1cnc[nH]1. The molecule has 0 fully saturated rings. The monoisotopic (exact) mass is 381 g/mol. The molecule has 0 radical (unpaired) electrons. The third kappa shape index (κ3) is 4.50. The van der Waals surface area contributed by atoms with Gasteiger partial charge in [-0.15, -0.1) is 0 Å². The number of aliphatic imine (C=N–C) groups is 1. The molecule has 0 spiro atoms. The third-order valence-corrected chi connectivity index (χ3v) is 3.51. The summed E-state index contributed by atoms with van der Waals surface area (Å²) in [5, 5.41) is 0. The lowest BCUT2D eigenvalue weighted by Crippen LogP contribution is -2.41.